The van der Waals surface area contributed by atoms with Crippen LogP contribution in [0.15, 0.2) is 126 Å². The Morgan fingerprint density at radius 2 is 1.59 bits per heavy atom. The molecule has 1 saturated heterocycles. The summed E-state index contributed by atoms with van der Waals surface area (Å²) in [6, 6.07) is 23.0. The number of hydroxylamine groups is 2. The lowest BCUT2D eigenvalue weighted by atomic mass is 9.81. The summed E-state index contributed by atoms with van der Waals surface area (Å²) in [6.07, 6.45) is 18.8. The molecule has 0 atom stereocenters. The number of anilines is 1. The van der Waals surface area contributed by atoms with Crippen LogP contribution in [-0.4, -0.2) is 56.2 Å². The van der Waals surface area contributed by atoms with E-state index in [0.29, 0.717) is 22.9 Å². The van der Waals surface area contributed by atoms with Gasteiger partial charge in [0.15, 0.2) is 5.71 Å². The van der Waals surface area contributed by atoms with Crippen molar-refractivity contribution in [3.05, 3.63) is 143 Å². The zero-order valence-corrected chi connectivity index (χ0v) is 36.3. The van der Waals surface area contributed by atoms with Gasteiger partial charge in [0, 0.05) is 79.1 Å². The average molecular weight is 823 g/mol. The Hall–Kier alpha value is -6.07. The van der Waals surface area contributed by atoms with Gasteiger partial charge in [-0.15, -0.1) is 5.06 Å². The Morgan fingerprint density at radius 1 is 0.869 bits per heavy atom. The lowest BCUT2D eigenvalue weighted by molar-refractivity contribution is -0.437. The summed E-state index contributed by atoms with van der Waals surface area (Å²) >= 11 is 0. The van der Waals surface area contributed by atoms with Crippen LogP contribution in [0.4, 0.5) is 11.4 Å². The molecule has 4 heterocycles. The molecule has 11 heteroatoms. The molecule has 3 aromatic rings. The van der Waals surface area contributed by atoms with Crippen LogP contribution in [0.2, 0.25) is 0 Å². The van der Waals surface area contributed by atoms with Gasteiger partial charge in [-0.3, -0.25) is 19.6 Å². The van der Waals surface area contributed by atoms with Crippen molar-refractivity contribution in [3.8, 4) is 0 Å². The van der Waals surface area contributed by atoms with Crippen LogP contribution in [0.1, 0.15) is 116 Å². The van der Waals surface area contributed by atoms with Gasteiger partial charge in [-0.2, -0.15) is 4.58 Å². The van der Waals surface area contributed by atoms with Crippen molar-refractivity contribution in [1.29, 1.82) is 0 Å². The standard InChI is InChI=1S/C50H60N7O4/c1-6-32-54-41-22-11-9-19-37(41)49(2,3)43(54)27-25-35-17-16-18-36(48(35)56(52)34-39(51)40-21-13-14-31-53-40)26-28-44-50(4,5)38-20-10-12-23-42(38)55(44)33-15-7-8-24-47(60)61-57-45(58)29-30-46(57)59/h9-14,19-23,25-28,31,34H,6-8,15-18,24,29-30,32-33,51-52H2,1-5H3/q+1/b39-34-. The molecular weight excluding hydrogens is 763 g/mol. The molecule has 2 aromatic carbocycles. The second-order valence-corrected chi connectivity index (χ2v) is 17.3. The number of hydrazine groups is 1. The summed E-state index contributed by atoms with van der Waals surface area (Å²) in [5.41, 5.74) is 18.0. The first-order chi connectivity index (χ1) is 29.3. The molecule has 0 bridgehead atoms. The quantitative estimate of drug-likeness (QED) is 0.0507. The van der Waals surface area contributed by atoms with Gasteiger partial charge >= 0.3 is 5.97 Å². The number of amides is 2. The van der Waals surface area contributed by atoms with Gasteiger partial charge in [0.2, 0.25) is 5.69 Å². The molecule has 61 heavy (non-hydrogen) atoms. The minimum atomic E-state index is -0.562. The monoisotopic (exact) mass is 822 g/mol. The number of para-hydroxylation sites is 2. The van der Waals surface area contributed by atoms with E-state index in [1.807, 2.05) is 18.2 Å². The summed E-state index contributed by atoms with van der Waals surface area (Å²) < 4.78 is 2.47. The van der Waals surface area contributed by atoms with E-state index in [2.05, 4.69) is 122 Å². The first-order valence-corrected chi connectivity index (χ1v) is 21.8. The molecule has 4 N–H and O–H groups in total. The fraction of sp³-hybridized carbons (Fsp3) is 0.380. The number of rotatable bonds is 15. The normalized spacial score (nSPS) is 19.8. The van der Waals surface area contributed by atoms with E-state index in [-0.39, 0.29) is 30.1 Å². The second kappa shape index (κ2) is 18.3. The van der Waals surface area contributed by atoms with Gasteiger partial charge in [-0.1, -0.05) is 81.8 Å². The SMILES string of the molecule is CCC[N+]1=C(/C=C/C2=C(N(N)/C=C(\N)c3ccccn3)C(=C/C=C3/N(CCCCCC(=O)ON4C(=O)CCC4=O)c4ccccc4C3(C)C)/CCC2)C(C)(C)c2ccccc21. The molecular formula is C50H60N7O4+. The first-order valence-electron chi connectivity index (χ1n) is 21.8. The number of nitrogens with two attached hydrogens (primary N) is 2. The third kappa shape index (κ3) is 8.89. The summed E-state index contributed by atoms with van der Waals surface area (Å²) in [7, 11) is 0. The van der Waals surface area contributed by atoms with Crippen LogP contribution < -0.4 is 16.5 Å². The Labute approximate surface area is 360 Å². The number of allylic oxidation sites excluding steroid dienone is 7. The van der Waals surface area contributed by atoms with Crippen molar-refractivity contribution in [1.82, 2.24) is 15.1 Å². The minimum Gasteiger partial charge on any atom is -0.396 e. The summed E-state index contributed by atoms with van der Waals surface area (Å²) in [6.45, 7) is 13.1. The van der Waals surface area contributed by atoms with Gasteiger partial charge in [0.05, 0.1) is 22.5 Å². The first kappa shape index (κ1) is 43.0. The maximum absolute atomic E-state index is 12.5. The lowest BCUT2D eigenvalue weighted by Gasteiger charge is -2.29. The number of unbranched alkanes of at least 4 members (excludes halogenated alkanes) is 2. The van der Waals surface area contributed by atoms with E-state index in [0.717, 1.165) is 68.5 Å². The van der Waals surface area contributed by atoms with E-state index in [9.17, 15) is 14.4 Å². The molecule has 1 fully saturated rings. The number of fused-ring (bicyclic) bond motifs is 2. The van der Waals surface area contributed by atoms with Crippen molar-refractivity contribution in [2.75, 3.05) is 18.0 Å². The van der Waals surface area contributed by atoms with Gasteiger partial charge in [-0.05, 0) is 86.9 Å². The number of carbonyl (C=O) groups is 3. The Bertz CT molecular complexity index is 2350. The molecule has 0 radical (unpaired) electrons. The topological polar surface area (TPSA) is 138 Å². The van der Waals surface area contributed by atoms with Crippen LogP contribution in [0, 0.1) is 0 Å². The van der Waals surface area contributed by atoms with E-state index in [4.69, 9.17) is 16.4 Å². The van der Waals surface area contributed by atoms with Gasteiger partial charge in [0.25, 0.3) is 11.8 Å². The van der Waals surface area contributed by atoms with Gasteiger partial charge < -0.3 is 15.5 Å². The molecule has 11 nitrogen and oxygen atoms in total. The number of benzene rings is 2. The largest absolute Gasteiger partial charge is 0.396 e. The summed E-state index contributed by atoms with van der Waals surface area (Å²) in [5, 5.41) is 2.30. The number of carbonyl (C=O) groups excluding carboxylic acids is 3. The lowest BCUT2D eigenvalue weighted by Crippen LogP contribution is -2.32. The minimum absolute atomic E-state index is 0.0793. The predicted octanol–water partition coefficient (Wildman–Crippen LogP) is 8.77. The van der Waals surface area contributed by atoms with Crippen molar-refractivity contribution in [3.63, 3.8) is 0 Å². The molecule has 1 aromatic heterocycles. The van der Waals surface area contributed by atoms with E-state index >= 15 is 0 Å². The number of hydrogen-bond donors (Lipinski definition) is 2. The van der Waals surface area contributed by atoms with E-state index in [1.165, 1.54) is 33.9 Å². The maximum Gasteiger partial charge on any atom is 0.333 e. The molecule has 0 unspecified atom stereocenters. The fourth-order valence-electron chi connectivity index (χ4n) is 9.25. The van der Waals surface area contributed by atoms with Crippen LogP contribution in [0.5, 0.6) is 0 Å². The highest BCUT2D eigenvalue weighted by Gasteiger charge is 2.44. The van der Waals surface area contributed by atoms with Crippen molar-refractivity contribution >= 4 is 40.6 Å². The van der Waals surface area contributed by atoms with Gasteiger partial charge in [-0.25, -0.2) is 10.6 Å². The van der Waals surface area contributed by atoms with Crippen LogP contribution in [0.3, 0.4) is 0 Å². The third-order valence-corrected chi connectivity index (χ3v) is 12.4. The molecule has 3 aliphatic heterocycles. The predicted molar refractivity (Wildman–Crippen MR) is 241 cm³/mol. The summed E-state index contributed by atoms with van der Waals surface area (Å²) in [4.78, 5) is 48.2. The van der Waals surface area contributed by atoms with Crippen LogP contribution in [0.25, 0.3) is 5.70 Å². The highest BCUT2D eigenvalue weighted by atomic mass is 16.7. The Morgan fingerprint density at radius 3 is 2.33 bits per heavy atom. The van der Waals surface area contributed by atoms with Gasteiger partial charge in [0.1, 0.15) is 6.54 Å². The fourth-order valence-corrected chi connectivity index (χ4v) is 9.25. The average Bonchev–Trinajstić information content (AvgIpc) is 3.77. The zero-order valence-electron chi connectivity index (χ0n) is 36.3. The maximum atomic E-state index is 12.5. The van der Waals surface area contributed by atoms with Crippen molar-refractivity contribution in [2.45, 2.75) is 110 Å². The number of hydrogen-bond acceptors (Lipinski definition) is 9. The van der Waals surface area contributed by atoms with Crippen molar-refractivity contribution < 1.29 is 23.8 Å². The molecule has 2 amide bonds. The summed E-state index contributed by atoms with van der Waals surface area (Å²) in [5.74, 6) is 5.56. The Balaban J connectivity index is 1.20. The highest BCUT2D eigenvalue weighted by molar-refractivity contribution is 6.03. The zero-order chi connectivity index (χ0) is 43.3. The third-order valence-electron chi connectivity index (χ3n) is 12.4. The van der Waals surface area contributed by atoms with Crippen LogP contribution >= 0.6 is 0 Å². The number of pyridine rings is 1. The molecule has 318 valence electrons. The molecule has 0 saturated carbocycles. The molecule has 1 aliphatic carbocycles. The number of imide groups is 1. The second-order valence-electron chi connectivity index (χ2n) is 17.3. The Kier molecular flexibility index (Phi) is 12.9. The molecule has 7 rings (SSSR count). The number of aromatic nitrogens is 1. The smallest absolute Gasteiger partial charge is 0.333 e. The number of nitrogens with zero attached hydrogens (tertiary/aromatic N) is 5. The molecule has 0 spiro atoms. The van der Waals surface area contributed by atoms with E-state index in [1.54, 1.807) is 17.4 Å². The van der Waals surface area contributed by atoms with E-state index < -0.39 is 17.8 Å². The van der Waals surface area contributed by atoms with Crippen molar-refractivity contribution in [2.24, 2.45) is 11.6 Å². The van der Waals surface area contributed by atoms with Crippen LogP contribution in [-0.2, 0) is 30.1 Å². The molecule has 4 aliphatic rings. The highest BCUT2D eigenvalue weighted by Crippen LogP contribution is 2.48.